The van der Waals surface area contributed by atoms with Gasteiger partial charge in [-0.1, -0.05) is 6.07 Å². The van der Waals surface area contributed by atoms with Gasteiger partial charge in [0.2, 0.25) is 0 Å². The maximum Gasteiger partial charge on any atom is 0.416 e. The van der Waals surface area contributed by atoms with Gasteiger partial charge >= 0.3 is 6.18 Å². The lowest BCUT2D eigenvalue weighted by molar-refractivity contribution is -0.137. The molecule has 1 saturated carbocycles. The molecule has 0 heterocycles. The minimum Gasteiger partial charge on any atom is -0.385 e. The first-order valence-electron chi connectivity index (χ1n) is 4.92. The van der Waals surface area contributed by atoms with E-state index in [9.17, 15) is 22.7 Å². The number of halogens is 4. The molecule has 1 aliphatic carbocycles. The van der Waals surface area contributed by atoms with Crippen molar-refractivity contribution >= 4 is 0 Å². The standard InChI is InChI=1S/C11H10F4O/c12-9-6-7(11(13,14)15)2-3-8(9)10(16)4-1-5-10/h2-3,6,16H,1,4-5H2. The van der Waals surface area contributed by atoms with E-state index in [0.717, 1.165) is 18.6 Å². The summed E-state index contributed by atoms with van der Waals surface area (Å²) in [6.07, 6.45) is -3.00. The van der Waals surface area contributed by atoms with Crippen LogP contribution in [0.2, 0.25) is 0 Å². The summed E-state index contributed by atoms with van der Waals surface area (Å²) in [5, 5.41) is 9.83. The molecule has 1 fully saturated rings. The molecule has 88 valence electrons. The Morgan fingerprint density at radius 3 is 2.19 bits per heavy atom. The Labute approximate surface area is 89.7 Å². The minimum atomic E-state index is -4.55. The molecule has 0 bridgehead atoms. The Kier molecular flexibility index (Phi) is 2.45. The summed E-state index contributed by atoms with van der Waals surface area (Å²) in [6, 6.07) is 2.26. The van der Waals surface area contributed by atoms with E-state index in [1.807, 2.05) is 0 Å². The Hall–Kier alpha value is -1.10. The number of alkyl halides is 3. The van der Waals surface area contributed by atoms with Gasteiger partial charge in [-0.15, -0.1) is 0 Å². The van der Waals surface area contributed by atoms with Crippen molar-refractivity contribution in [1.82, 2.24) is 0 Å². The second kappa shape index (κ2) is 3.45. The zero-order valence-corrected chi connectivity index (χ0v) is 8.31. The maximum atomic E-state index is 13.4. The van der Waals surface area contributed by atoms with Crippen LogP contribution < -0.4 is 0 Å². The molecule has 2 rings (SSSR count). The van der Waals surface area contributed by atoms with E-state index in [-0.39, 0.29) is 5.56 Å². The van der Waals surface area contributed by atoms with Crippen molar-refractivity contribution in [2.45, 2.75) is 31.0 Å². The molecular formula is C11H10F4O. The van der Waals surface area contributed by atoms with Crippen LogP contribution in [0.5, 0.6) is 0 Å². The van der Waals surface area contributed by atoms with Crippen LogP contribution in [-0.4, -0.2) is 5.11 Å². The molecule has 1 aromatic rings. The van der Waals surface area contributed by atoms with E-state index in [0.29, 0.717) is 18.9 Å². The predicted molar refractivity (Wildman–Crippen MR) is 49.1 cm³/mol. The van der Waals surface area contributed by atoms with E-state index in [2.05, 4.69) is 0 Å². The number of rotatable bonds is 1. The molecule has 0 spiro atoms. The quantitative estimate of drug-likeness (QED) is 0.740. The number of hydrogen-bond acceptors (Lipinski definition) is 1. The summed E-state index contributed by atoms with van der Waals surface area (Å²) in [5.74, 6) is -0.989. The van der Waals surface area contributed by atoms with Crippen LogP contribution in [0.15, 0.2) is 18.2 Å². The van der Waals surface area contributed by atoms with Gasteiger partial charge < -0.3 is 5.11 Å². The first-order valence-corrected chi connectivity index (χ1v) is 4.92. The number of hydrogen-bond donors (Lipinski definition) is 1. The van der Waals surface area contributed by atoms with Crippen LogP contribution in [-0.2, 0) is 11.8 Å². The Bertz CT molecular complexity index is 407. The summed E-state index contributed by atoms with van der Waals surface area (Å²) < 4.78 is 50.2. The summed E-state index contributed by atoms with van der Waals surface area (Å²) >= 11 is 0. The number of benzene rings is 1. The summed E-state index contributed by atoms with van der Waals surface area (Å²) in [4.78, 5) is 0. The molecule has 0 unspecified atom stereocenters. The molecule has 1 aromatic carbocycles. The van der Waals surface area contributed by atoms with Crippen molar-refractivity contribution in [1.29, 1.82) is 0 Å². The van der Waals surface area contributed by atoms with Gasteiger partial charge in [0, 0.05) is 5.56 Å². The third-order valence-electron chi connectivity index (χ3n) is 2.98. The molecule has 0 atom stereocenters. The third kappa shape index (κ3) is 1.80. The molecular weight excluding hydrogens is 224 g/mol. The monoisotopic (exact) mass is 234 g/mol. The lowest BCUT2D eigenvalue weighted by atomic mass is 9.75. The fourth-order valence-corrected chi connectivity index (χ4v) is 1.85. The van der Waals surface area contributed by atoms with Crippen molar-refractivity contribution in [3.63, 3.8) is 0 Å². The topological polar surface area (TPSA) is 20.2 Å². The van der Waals surface area contributed by atoms with E-state index >= 15 is 0 Å². The number of aliphatic hydroxyl groups is 1. The summed E-state index contributed by atoms with van der Waals surface area (Å²) in [6.45, 7) is 0. The van der Waals surface area contributed by atoms with Crippen molar-refractivity contribution < 1.29 is 22.7 Å². The molecule has 1 nitrogen and oxygen atoms in total. The van der Waals surface area contributed by atoms with E-state index in [4.69, 9.17) is 0 Å². The molecule has 1 aliphatic rings. The van der Waals surface area contributed by atoms with Crippen molar-refractivity contribution in [3.8, 4) is 0 Å². The van der Waals surface area contributed by atoms with Crippen LogP contribution in [0.4, 0.5) is 17.6 Å². The highest BCUT2D eigenvalue weighted by atomic mass is 19.4. The van der Waals surface area contributed by atoms with Gasteiger partial charge in [0.05, 0.1) is 11.2 Å². The largest absolute Gasteiger partial charge is 0.416 e. The predicted octanol–water partition coefficient (Wildman–Crippen LogP) is 3.22. The van der Waals surface area contributed by atoms with Gasteiger partial charge in [-0.25, -0.2) is 4.39 Å². The molecule has 16 heavy (non-hydrogen) atoms. The Morgan fingerprint density at radius 2 is 1.81 bits per heavy atom. The highest BCUT2D eigenvalue weighted by Gasteiger charge is 2.39. The second-order valence-electron chi connectivity index (χ2n) is 4.08. The van der Waals surface area contributed by atoms with Gasteiger partial charge in [0.1, 0.15) is 5.82 Å². The zero-order chi connectivity index (χ0) is 12.0. The fraction of sp³-hybridized carbons (Fsp3) is 0.455. The minimum absolute atomic E-state index is 0.0354. The molecule has 0 aliphatic heterocycles. The van der Waals surface area contributed by atoms with E-state index in [1.165, 1.54) is 0 Å². The van der Waals surface area contributed by atoms with Gasteiger partial charge in [0.15, 0.2) is 0 Å². The molecule has 0 radical (unpaired) electrons. The van der Waals surface area contributed by atoms with Crippen LogP contribution in [0.1, 0.15) is 30.4 Å². The third-order valence-corrected chi connectivity index (χ3v) is 2.98. The average Bonchev–Trinajstić information content (AvgIpc) is 2.12. The highest BCUT2D eigenvalue weighted by Crippen LogP contribution is 2.43. The van der Waals surface area contributed by atoms with E-state index < -0.39 is 23.2 Å². The Morgan fingerprint density at radius 1 is 1.19 bits per heavy atom. The van der Waals surface area contributed by atoms with Crippen LogP contribution in [0, 0.1) is 5.82 Å². The SMILES string of the molecule is OC1(c2ccc(C(F)(F)F)cc2F)CCC1. The van der Waals surface area contributed by atoms with Crippen LogP contribution >= 0.6 is 0 Å². The molecule has 0 aromatic heterocycles. The molecule has 5 heteroatoms. The first kappa shape index (κ1) is 11.4. The molecule has 1 N–H and O–H groups in total. The summed E-state index contributed by atoms with van der Waals surface area (Å²) in [5.41, 5.74) is -2.34. The van der Waals surface area contributed by atoms with Crippen LogP contribution in [0.25, 0.3) is 0 Å². The van der Waals surface area contributed by atoms with Gasteiger partial charge in [-0.2, -0.15) is 13.2 Å². The maximum absolute atomic E-state index is 13.4. The van der Waals surface area contributed by atoms with Crippen LogP contribution in [0.3, 0.4) is 0 Å². The zero-order valence-electron chi connectivity index (χ0n) is 8.31. The average molecular weight is 234 g/mol. The lowest BCUT2D eigenvalue weighted by Crippen LogP contribution is -2.34. The normalized spacial score (nSPS) is 19.3. The van der Waals surface area contributed by atoms with E-state index in [1.54, 1.807) is 0 Å². The first-order chi connectivity index (χ1) is 7.33. The molecule has 0 amide bonds. The van der Waals surface area contributed by atoms with Crippen molar-refractivity contribution in [2.24, 2.45) is 0 Å². The molecule has 0 saturated heterocycles. The Balaban J connectivity index is 2.37. The summed E-state index contributed by atoms with van der Waals surface area (Å²) in [7, 11) is 0. The van der Waals surface area contributed by atoms with Gasteiger partial charge in [-0.05, 0) is 31.4 Å². The van der Waals surface area contributed by atoms with Crippen molar-refractivity contribution in [3.05, 3.63) is 35.1 Å². The van der Waals surface area contributed by atoms with Gasteiger partial charge in [-0.3, -0.25) is 0 Å². The second-order valence-corrected chi connectivity index (χ2v) is 4.08. The lowest BCUT2D eigenvalue weighted by Gasteiger charge is -2.37. The fourth-order valence-electron chi connectivity index (χ4n) is 1.85. The van der Waals surface area contributed by atoms with Crippen molar-refractivity contribution in [2.75, 3.05) is 0 Å². The van der Waals surface area contributed by atoms with Gasteiger partial charge in [0.25, 0.3) is 0 Å². The highest BCUT2D eigenvalue weighted by molar-refractivity contribution is 5.31. The smallest absolute Gasteiger partial charge is 0.385 e.